The van der Waals surface area contributed by atoms with Gasteiger partial charge in [0.25, 0.3) is 5.91 Å². The summed E-state index contributed by atoms with van der Waals surface area (Å²) in [4.78, 5) is 12.1. The van der Waals surface area contributed by atoms with E-state index >= 15 is 0 Å². The van der Waals surface area contributed by atoms with Gasteiger partial charge in [-0.25, -0.2) is 0 Å². The van der Waals surface area contributed by atoms with Crippen LogP contribution in [-0.2, 0) is 4.79 Å². The van der Waals surface area contributed by atoms with Crippen LogP contribution in [0.25, 0.3) is 11.8 Å². The average Bonchev–Trinajstić information content (AvgIpc) is 2.87. The Kier molecular flexibility index (Phi) is 6.24. The van der Waals surface area contributed by atoms with E-state index in [1.54, 1.807) is 6.08 Å². The van der Waals surface area contributed by atoms with Crippen LogP contribution in [0.3, 0.4) is 0 Å². The highest BCUT2D eigenvalue weighted by molar-refractivity contribution is 6.02. The number of ether oxygens (including phenoxy) is 1. The molecule has 0 aliphatic heterocycles. The molecule has 0 unspecified atom stereocenters. The van der Waals surface area contributed by atoms with Crippen molar-refractivity contribution < 1.29 is 9.53 Å². The highest BCUT2D eigenvalue weighted by Gasteiger charge is 2.14. The van der Waals surface area contributed by atoms with Gasteiger partial charge in [-0.1, -0.05) is 0 Å². The first-order valence-corrected chi connectivity index (χ1v) is 8.72. The van der Waals surface area contributed by atoms with Crippen molar-refractivity contribution in [1.29, 1.82) is 5.26 Å². The molecule has 2 rings (SSSR count). The fourth-order valence-electron chi connectivity index (χ4n) is 2.83. The van der Waals surface area contributed by atoms with Crippen LogP contribution >= 0.6 is 0 Å². The quantitative estimate of drug-likeness (QED) is 0.633. The zero-order chi connectivity index (χ0) is 19.3. The molecular formula is C21H25N3O2. The van der Waals surface area contributed by atoms with Crippen LogP contribution in [0, 0.1) is 25.2 Å². The minimum atomic E-state index is -0.353. The summed E-state index contributed by atoms with van der Waals surface area (Å²) in [7, 11) is 0. The van der Waals surface area contributed by atoms with Crippen LogP contribution in [0.1, 0.15) is 37.7 Å². The van der Waals surface area contributed by atoms with Crippen molar-refractivity contribution in [2.24, 2.45) is 0 Å². The third kappa shape index (κ3) is 4.34. The summed E-state index contributed by atoms with van der Waals surface area (Å²) in [6.07, 6.45) is 1.64. The smallest absolute Gasteiger partial charge is 0.262 e. The fourth-order valence-corrected chi connectivity index (χ4v) is 2.83. The largest absolute Gasteiger partial charge is 0.494 e. The third-order valence-corrected chi connectivity index (χ3v) is 3.96. The van der Waals surface area contributed by atoms with E-state index in [1.807, 2.05) is 71.0 Å². The van der Waals surface area contributed by atoms with Gasteiger partial charge < -0.3 is 14.6 Å². The zero-order valence-electron chi connectivity index (χ0n) is 16.0. The Bertz CT molecular complexity index is 853. The van der Waals surface area contributed by atoms with Crippen LogP contribution in [0.15, 0.2) is 35.9 Å². The number of carbonyl (C=O) groups is 1. The second-order valence-electron chi connectivity index (χ2n) is 6.39. The second kappa shape index (κ2) is 8.39. The summed E-state index contributed by atoms with van der Waals surface area (Å²) in [5.41, 5.74) is 3.96. The predicted molar refractivity (Wildman–Crippen MR) is 103 cm³/mol. The highest BCUT2D eigenvalue weighted by atomic mass is 16.5. The molecule has 26 heavy (non-hydrogen) atoms. The monoisotopic (exact) mass is 351 g/mol. The van der Waals surface area contributed by atoms with Crippen molar-refractivity contribution in [3.8, 4) is 17.5 Å². The molecule has 0 saturated heterocycles. The SMILES string of the molecule is CCOc1ccc(-n2c(C)cc(/C=C(/C#N)C(=O)NC(C)C)c2C)cc1. The number of hydrogen-bond acceptors (Lipinski definition) is 3. The Morgan fingerprint density at radius 1 is 1.31 bits per heavy atom. The fraction of sp³-hybridized carbons (Fsp3) is 0.333. The first-order chi connectivity index (χ1) is 12.4. The summed E-state index contributed by atoms with van der Waals surface area (Å²) in [5.74, 6) is 0.476. The van der Waals surface area contributed by atoms with Gasteiger partial charge in [0, 0.05) is 23.1 Å². The van der Waals surface area contributed by atoms with Crippen molar-refractivity contribution in [2.45, 2.75) is 40.7 Å². The predicted octanol–water partition coefficient (Wildman–Crippen LogP) is 3.92. The number of nitrogens with one attached hydrogen (secondary N) is 1. The van der Waals surface area contributed by atoms with E-state index in [-0.39, 0.29) is 17.5 Å². The van der Waals surface area contributed by atoms with E-state index < -0.39 is 0 Å². The maximum absolute atomic E-state index is 12.1. The molecule has 1 aromatic heterocycles. The van der Waals surface area contributed by atoms with Crippen molar-refractivity contribution in [3.63, 3.8) is 0 Å². The summed E-state index contributed by atoms with van der Waals surface area (Å²) in [6.45, 7) is 10.3. The first-order valence-electron chi connectivity index (χ1n) is 8.72. The molecule has 0 fully saturated rings. The lowest BCUT2D eigenvalue weighted by atomic mass is 10.1. The molecule has 136 valence electrons. The van der Waals surface area contributed by atoms with E-state index in [1.165, 1.54) is 0 Å². The maximum atomic E-state index is 12.1. The van der Waals surface area contributed by atoms with Gasteiger partial charge in [-0.15, -0.1) is 0 Å². The van der Waals surface area contributed by atoms with Crippen LogP contribution in [0.5, 0.6) is 5.75 Å². The number of amides is 1. The van der Waals surface area contributed by atoms with E-state index in [2.05, 4.69) is 9.88 Å². The highest BCUT2D eigenvalue weighted by Crippen LogP contribution is 2.24. The van der Waals surface area contributed by atoms with Crippen molar-refractivity contribution in [3.05, 3.63) is 52.9 Å². The Hall–Kier alpha value is -3.00. The van der Waals surface area contributed by atoms with Gasteiger partial charge in [0.2, 0.25) is 0 Å². The van der Waals surface area contributed by atoms with Gasteiger partial charge >= 0.3 is 0 Å². The summed E-state index contributed by atoms with van der Waals surface area (Å²) in [6, 6.07) is 11.8. The number of aryl methyl sites for hydroxylation is 1. The molecular weight excluding hydrogens is 326 g/mol. The second-order valence-corrected chi connectivity index (χ2v) is 6.39. The molecule has 0 spiro atoms. The molecule has 0 saturated carbocycles. The van der Waals surface area contributed by atoms with Gasteiger partial charge in [0.05, 0.1) is 6.61 Å². The van der Waals surface area contributed by atoms with Crippen LogP contribution in [0.4, 0.5) is 0 Å². The molecule has 1 amide bonds. The molecule has 0 aliphatic rings. The van der Waals surface area contributed by atoms with Crippen LogP contribution < -0.4 is 10.1 Å². The van der Waals surface area contributed by atoms with E-state index in [9.17, 15) is 10.1 Å². The topological polar surface area (TPSA) is 67.0 Å². The number of benzene rings is 1. The standard InChI is InChI=1S/C21H25N3O2/c1-6-26-20-9-7-19(8-10-20)24-15(4)11-17(16(24)5)12-18(13-22)21(25)23-14(2)3/h7-12,14H,6H2,1-5H3,(H,23,25)/b18-12-. The minimum absolute atomic E-state index is 0.0180. The molecule has 0 atom stereocenters. The van der Waals surface area contributed by atoms with Gasteiger partial charge in [0.1, 0.15) is 17.4 Å². The lowest BCUT2D eigenvalue weighted by Gasteiger charge is -2.11. The number of nitriles is 1. The molecule has 0 bridgehead atoms. The Labute approximate surface area is 154 Å². The molecule has 0 radical (unpaired) electrons. The van der Waals surface area contributed by atoms with Gasteiger partial charge in [-0.3, -0.25) is 4.79 Å². The van der Waals surface area contributed by atoms with Crippen LogP contribution in [0.2, 0.25) is 0 Å². The summed E-state index contributed by atoms with van der Waals surface area (Å²) in [5, 5.41) is 12.1. The molecule has 2 aromatic rings. The normalized spacial score (nSPS) is 11.3. The lowest BCUT2D eigenvalue weighted by Crippen LogP contribution is -2.30. The molecule has 1 heterocycles. The van der Waals surface area contributed by atoms with Crippen molar-refractivity contribution >= 4 is 12.0 Å². The molecule has 1 aromatic carbocycles. The van der Waals surface area contributed by atoms with E-state index in [0.717, 1.165) is 28.4 Å². The van der Waals surface area contributed by atoms with Crippen LogP contribution in [-0.4, -0.2) is 23.1 Å². The molecule has 0 aliphatic carbocycles. The third-order valence-electron chi connectivity index (χ3n) is 3.96. The average molecular weight is 351 g/mol. The number of rotatable bonds is 6. The number of hydrogen-bond donors (Lipinski definition) is 1. The summed E-state index contributed by atoms with van der Waals surface area (Å²) >= 11 is 0. The molecule has 5 heteroatoms. The number of nitrogens with zero attached hydrogens (tertiary/aromatic N) is 2. The van der Waals surface area contributed by atoms with Gasteiger partial charge in [-0.05, 0) is 76.6 Å². The Morgan fingerprint density at radius 2 is 1.96 bits per heavy atom. The zero-order valence-corrected chi connectivity index (χ0v) is 16.0. The molecule has 5 nitrogen and oxygen atoms in total. The molecule has 1 N–H and O–H groups in total. The number of carbonyl (C=O) groups excluding carboxylic acids is 1. The van der Waals surface area contributed by atoms with Gasteiger partial charge in [0.15, 0.2) is 0 Å². The van der Waals surface area contributed by atoms with E-state index in [0.29, 0.717) is 6.61 Å². The lowest BCUT2D eigenvalue weighted by molar-refractivity contribution is -0.117. The van der Waals surface area contributed by atoms with Crippen molar-refractivity contribution in [1.82, 2.24) is 9.88 Å². The Balaban J connectivity index is 2.39. The first kappa shape index (κ1) is 19.3. The Morgan fingerprint density at radius 3 is 2.50 bits per heavy atom. The van der Waals surface area contributed by atoms with E-state index in [4.69, 9.17) is 4.74 Å². The summed E-state index contributed by atoms with van der Waals surface area (Å²) < 4.78 is 7.58. The van der Waals surface area contributed by atoms with Crippen molar-refractivity contribution in [2.75, 3.05) is 6.61 Å². The van der Waals surface area contributed by atoms with Gasteiger partial charge in [-0.2, -0.15) is 5.26 Å². The number of aromatic nitrogens is 1. The maximum Gasteiger partial charge on any atom is 0.262 e. The minimum Gasteiger partial charge on any atom is -0.494 e.